The van der Waals surface area contributed by atoms with E-state index in [0.717, 1.165) is 26.4 Å². The number of amides is 2. The molecule has 0 fully saturated rings. The molecule has 4 aromatic carbocycles. The Hall–Kier alpha value is -3.06. The zero-order chi connectivity index (χ0) is 23.4. The van der Waals surface area contributed by atoms with Gasteiger partial charge in [-0.15, -0.1) is 0 Å². The van der Waals surface area contributed by atoms with Gasteiger partial charge in [0.25, 0.3) is 0 Å². The lowest BCUT2D eigenvalue weighted by molar-refractivity contribution is 0.239. The molecule has 2 amide bonds. The molecule has 0 aromatic heterocycles. The van der Waals surface area contributed by atoms with E-state index >= 15 is 0 Å². The van der Waals surface area contributed by atoms with Gasteiger partial charge < -0.3 is 10.4 Å². The summed E-state index contributed by atoms with van der Waals surface area (Å²) in [5.74, 6) is 0.0646. The predicted octanol–water partition coefficient (Wildman–Crippen LogP) is 7.04. The summed E-state index contributed by atoms with van der Waals surface area (Å²) in [7, 11) is 0. The number of nitrogens with one attached hydrogen (secondary N) is 2. The number of halogens is 3. The smallest absolute Gasteiger partial charge is 0.335 e. The van der Waals surface area contributed by atoms with Gasteiger partial charge in [0.05, 0.1) is 12.3 Å². The Morgan fingerprint density at radius 2 is 1.61 bits per heavy atom. The van der Waals surface area contributed by atoms with E-state index in [1.165, 1.54) is 6.21 Å². The third-order valence-electron chi connectivity index (χ3n) is 5.02. The molecule has 0 aliphatic carbocycles. The van der Waals surface area contributed by atoms with Gasteiger partial charge in [0.2, 0.25) is 0 Å². The molecule has 0 aliphatic rings. The zero-order valence-electron chi connectivity index (χ0n) is 17.1. The molecule has 0 saturated carbocycles. The number of hydrogen-bond donors (Lipinski definition) is 3. The SMILES string of the molecule is O=C(N/N=C/c1ccc(Cl)cc1)NC(c1ccc(Cl)cc1)c1c(O)ccc2cc(Br)ccc12. The summed E-state index contributed by atoms with van der Waals surface area (Å²) in [6, 6.07) is 22.1. The van der Waals surface area contributed by atoms with E-state index in [-0.39, 0.29) is 5.75 Å². The van der Waals surface area contributed by atoms with E-state index < -0.39 is 12.1 Å². The number of nitrogens with zero attached hydrogens (tertiary/aromatic N) is 1. The van der Waals surface area contributed by atoms with Crippen LogP contribution in [0.2, 0.25) is 10.0 Å². The number of carbonyl (C=O) groups is 1. The van der Waals surface area contributed by atoms with Crippen molar-refractivity contribution < 1.29 is 9.90 Å². The molecule has 0 saturated heterocycles. The van der Waals surface area contributed by atoms with E-state index in [9.17, 15) is 9.90 Å². The Morgan fingerprint density at radius 1 is 0.939 bits per heavy atom. The van der Waals surface area contributed by atoms with E-state index in [0.29, 0.717) is 15.6 Å². The second kappa shape index (κ2) is 10.3. The molecule has 0 radical (unpaired) electrons. The molecule has 3 N–H and O–H groups in total. The van der Waals surface area contributed by atoms with E-state index in [1.807, 2.05) is 24.3 Å². The third-order valence-corrected chi connectivity index (χ3v) is 6.01. The van der Waals surface area contributed by atoms with Crippen LogP contribution in [0.4, 0.5) is 4.79 Å². The van der Waals surface area contributed by atoms with Crippen LogP contribution in [0.5, 0.6) is 5.75 Å². The van der Waals surface area contributed by atoms with Crippen molar-refractivity contribution in [3.63, 3.8) is 0 Å². The highest BCUT2D eigenvalue weighted by Crippen LogP contribution is 2.37. The van der Waals surface area contributed by atoms with Gasteiger partial charge in [-0.05, 0) is 64.4 Å². The van der Waals surface area contributed by atoms with Crippen LogP contribution in [-0.2, 0) is 0 Å². The van der Waals surface area contributed by atoms with E-state index in [4.69, 9.17) is 23.2 Å². The summed E-state index contributed by atoms with van der Waals surface area (Å²) in [6.07, 6.45) is 1.51. The molecule has 0 bridgehead atoms. The standard InChI is InChI=1S/C25H18BrCl2N3O2/c26-18-6-11-21-17(13-18)5-12-22(32)23(21)24(16-3-9-20(28)10-4-16)30-25(33)31-29-14-15-1-7-19(27)8-2-15/h1-14,24,32H,(H2,30,31,33)/b29-14+. The van der Waals surface area contributed by atoms with Crippen LogP contribution < -0.4 is 10.7 Å². The molecule has 1 atom stereocenters. The first-order valence-electron chi connectivity index (χ1n) is 9.92. The van der Waals surface area contributed by atoms with Crippen molar-refractivity contribution in [3.8, 4) is 5.75 Å². The largest absolute Gasteiger partial charge is 0.508 e. The van der Waals surface area contributed by atoms with Crippen molar-refractivity contribution in [2.24, 2.45) is 5.10 Å². The molecule has 166 valence electrons. The van der Waals surface area contributed by atoms with Crippen LogP contribution in [0, 0.1) is 0 Å². The number of phenols is 1. The normalized spacial score (nSPS) is 12.1. The summed E-state index contributed by atoms with van der Waals surface area (Å²) in [5, 5.41) is 20.6. The van der Waals surface area contributed by atoms with Crippen molar-refractivity contribution in [2.75, 3.05) is 0 Å². The average Bonchev–Trinajstić information content (AvgIpc) is 2.80. The highest BCUT2D eigenvalue weighted by Gasteiger charge is 2.22. The molecule has 33 heavy (non-hydrogen) atoms. The first-order chi connectivity index (χ1) is 15.9. The fourth-order valence-electron chi connectivity index (χ4n) is 3.47. The van der Waals surface area contributed by atoms with Crippen LogP contribution in [0.3, 0.4) is 0 Å². The molecule has 0 aliphatic heterocycles. The Kier molecular flexibility index (Phi) is 7.18. The molecule has 4 rings (SSSR count). The van der Waals surface area contributed by atoms with Crippen LogP contribution in [0.15, 0.2) is 88.4 Å². The van der Waals surface area contributed by atoms with E-state index in [1.54, 1.807) is 54.6 Å². The topological polar surface area (TPSA) is 73.7 Å². The number of hydrogen-bond acceptors (Lipinski definition) is 3. The number of fused-ring (bicyclic) bond motifs is 1. The third kappa shape index (κ3) is 5.66. The van der Waals surface area contributed by atoms with Crippen LogP contribution in [-0.4, -0.2) is 17.4 Å². The maximum Gasteiger partial charge on any atom is 0.335 e. The summed E-state index contributed by atoms with van der Waals surface area (Å²) in [5.41, 5.74) is 4.58. The summed E-state index contributed by atoms with van der Waals surface area (Å²) in [6.45, 7) is 0. The predicted molar refractivity (Wildman–Crippen MR) is 137 cm³/mol. The fourth-order valence-corrected chi connectivity index (χ4v) is 4.10. The Labute approximate surface area is 209 Å². The molecule has 8 heteroatoms. The maximum atomic E-state index is 12.7. The van der Waals surface area contributed by atoms with Gasteiger partial charge in [0.15, 0.2) is 0 Å². The summed E-state index contributed by atoms with van der Waals surface area (Å²) >= 11 is 15.4. The zero-order valence-corrected chi connectivity index (χ0v) is 20.2. The monoisotopic (exact) mass is 541 g/mol. The van der Waals surface area contributed by atoms with Crippen molar-refractivity contribution >= 4 is 62.1 Å². The van der Waals surface area contributed by atoms with Crippen molar-refractivity contribution in [2.45, 2.75) is 6.04 Å². The van der Waals surface area contributed by atoms with Gasteiger partial charge in [0.1, 0.15) is 5.75 Å². The fraction of sp³-hybridized carbons (Fsp3) is 0.0400. The Balaban J connectivity index is 1.66. The quantitative estimate of drug-likeness (QED) is 0.187. The molecular formula is C25H18BrCl2N3O2. The molecule has 0 spiro atoms. The Morgan fingerprint density at radius 3 is 2.30 bits per heavy atom. The minimum absolute atomic E-state index is 0.0646. The number of benzene rings is 4. The maximum absolute atomic E-state index is 12.7. The van der Waals surface area contributed by atoms with Gasteiger partial charge in [-0.3, -0.25) is 0 Å². The van der Waals surface area contributed by atoms with Crippen LogP contribution in [0.25, 0.3) is 10.8 Å². The number of aromatic hydroxyl groups is 1. The lowest BCUT2D eigenvalue weighted by atomic mass is 9.93. The van der Waals surface area contributed by atoms with Crippen molar-refractivity contribution in [3.05, 3.63) is 110 Å². The second-order valence-electron chi connectivity index (χ2n) is 7.24. The first kappa shape index (κ1) is 23.1. The molecule has 5 nitrogen and oxygen atoms in total. The minimum Gasteiger partial charge on any atom is -0.508 e. The van der Waals surface area contributed by atoms with E-state index in [2.05, 4.69) is 31.8 Å². The molecular weight excluding hydrogens is 525 g/mol. The number of hydrazone groups is 1. The number of phenolic OH excluding ortho intramolecular Hbond substituents is 1. The Bertz CT molecular complexity index is 1330. The number of carbonyl (C=O) groups excluding carboxylic acids is 1. The first-order valence-corrected chi connectivity index (χ1v) is 11.5. The van der Waals surface area contributed by atoms with Crippen molar-refractivity contribution in [1.82, 2.24) is 10.7 Å². The van der Waals surface area contributed by atoms with Gasteiger partial charge in [0, 0.05) is 20.1 Å². The van der Waals surface area contributed by atoms with Crippen LogP contribution in [0.1, 0.15) is 22.7 Å². The van der Waals surface area contributed by atoms with Gasteiger partial charge >= 0.3 is 6.03 Å². The highest BCUT2D eigenvalue weighted by atomic mass is 79.9. The lowest BCUT2D eigenvalue weighted by Crippen LogP contribution is -2.36. The van der Waals surface area contributed by atoms with Crippen molar-refractivity contribution in [1.29, 1.82) is 0 Å². The van der Waals surface area contributed by atoms with Gasteiger partial charge in [-0.2, -0.15) is 5.10 Å². The van der Waals surface area contributed by atoms with Crippen LogP contribution >= 0.6 is 39.1 Å². The summed E-state index contributed by atoms with van der Waals surface area (Å²) in [4.78, 5) is 12.7. The average molecular weight is 543 g/mol. The van der Waals surface area contributed by atoms with Gasteiger partial charge in [-0.25, -0.2) is 10.2 Å². The highest BCUT2D eigenvalue weighted by molar-refractivity contribution is 9.10. The molecule has 0 heterocycles. The number of rotatable bonds is 5. The molecule has 4 aromatic rings. The number of urea groups is 1. The summed E-state index contributed by atoms with van der Waals surface area (Å²) < 4.78 is 0.914. The second-order valence-corrected chi connectivity index (χ2v) is 9.03. The molecule has 1 unspecified atom stereocenters. The van der Waals surface area contributed by atoms with Gasteiger partial charge in [-0.1, -0.05) is 75.5 Å². The lowest BCUT2D eigenvalue weighted by Gasteiger charge is -2.22. The minimum atomic E-state index is -0.655.